The quantitative estimate of drug-likeness (QED) is 0.282. The number of ether oxygens (including phenoxy) is 1. The first-order valence-electron chi connectivity index (χ1n) is 3.87. The van der Waals surface area contributed by atoms with Crippen LogP contribution in [0.4, 0.5) is 0 Å². The lowest BCUT2D eigenvalue weighted by Crippen LogP contribution is -2.41. The van der Waals surface area contributed by atoms with Gasteiger partial charge in [0.2, 0.25) is 0 Å². The van der Waals surface area contributed by atoms with Crippen molar-refractivity contribution in [2.45, 2.75) is 31.0 Å². The van der Waals surface area contributed by atoms with Crippen LogP contribution in [0.1, 0.15) is 6.42 Å². The fourth-order valence-electron chi connectivity index (χ4n) is 1.16. The van der Waals surface area contributed by atoms with E-state index < -0.39 is 24.5 Å². The normalized spacial score (nSPS) is 40.5. The molecule has 2 unspecified atom stereocenters. The van der Waals surface area contributed by atoms with E-state index in [4.69, 9.17) is 10.3 Å². The van der Waals surface area contributed by atoms with E-state index in [1.54, 1.807) is 0 Å². The van der Waals surface area contributed by atoms with Crippen molar-refractivity contribution in [2.24, 2.45) is 5.11 Å². The third-order valence-electron chi connectivity index (χ3n) is 1.92. The highest BCUT2D eigenvalue weighted by atomic mass is 16.6. The van der Waals surface area contributed by atoms with Crippen molar-refractivity contribution >= 4 is 0 Å². The molecule has 7 nitrogen and oxygen atoms in total. The molecule has 0 aliphatic carbocycles. The maximum atomic E-state index is 9.36. The van der Waals surface area contributed by atoms with Crippen LogP contribution in [0.2, 0.25) is 0 Å². The van der Waals surface area contributed by atoms with Crippen molar-refractivity contribution in [1.29, 1.82) is 0 Å². The van der Waals surface area contributed by atoms with Crippen LogP contribution in [-0.4, -0.2) is 46.5 Å². The number of rotatable bonds is 1. The van der Waals surface area contributed by atoms with E-state index in [2.05, 4.69) is 10.0 Å². The van der Waals surface area contributed by atoms with E-state index >= 15 is 0 Å². The van der Waals surface area contributed by atoms with E-state index in [1.807, 2.05) is 0 Å². The summed E-state index contributed by atoms with van der Waals surface area (Å²) >= 11 is 0. The van der Waals surface area contributed by atoms with Gasteiger partial charge in [0.05, 0.1) is 18.8 Å². The molecule has 13 heavy (non-hydrogen) atoms. The van der Waals surface area contributed by atoms with E-state index in [9.17, 15) is 15.3 Å². The highest BCUT2D eigenvalue weighted by Gasteiger charge is 2.34. The number of hydrogen-bond acceptors (Lipinski definition) is 5. The van der Waals surface area contributed by atoms with Crippen LogP contribution < -0.4 is 0 Å². The Kier molecular flexibility index (Phi) is 3.47. The first-order valence-corrected chi connectivity index (χ1v) is 3.87. The molecule has 1 saturated heterocycles. The highest BCUT2D eigenvalue weighted by molar-refractivity contribution is 4.86. The number of nitrogens with zero attached hydrogens (tertiary/aromatic N) is 3. The number of aliphatic hydroxyl groups excluding tert-OH is 3. The predicted molar refractivity (Wildman–Crippen MR) is 41.5 cm³/mol. The zero-order valence-corrected chi connectivity index (χ0v) is 6.82. The van der Waals surface area contributed by atoms with Gasteiger partial charge in [0, 0.05) is 4.91 Å². The first-order chi connectivity index (χ1) is 6.16. The number of hydrogen-bond donors (Lipinski definition) is 3. The molecule has 0 amide bonds. The van der Waals surface area contributed by atoms with Gasteiger partial charge in [0.1, 0.15) is 6.04 Å². The lowest BCUT2D eigenvalue weighted by Gasteiger charge is -2.21. The molecule has 0 bridgehead atoms. The third kappa shape index (κ3) is 2.30. The molecule has 74 valence electrons. The van der Waals surface area contributed by atoms with Gasteiger partial charge in [-0.25, -0.2) is 0 Å². The van der Waals surface area contributed by atoms with Gasteiger partial charge in [-0.2, -0.15) is 0 Å². The molecule has 1 aliphatic rings. The topological polar surface area (TPSA) is 119 Å². The van der Waals surface area contributed by atoms with Gasteiger partial charge in [-0.05, 0) is 12.0 Å². The molecule has 0 aromatic rings. The molecule has 0 aromatic carbocycles. The van der Waals surface area contributed by atoms with Crippen LogP contribution in [0.5, 0.6) is 0 Å². The van der Waals surface area contributed by atoms with Crippen LogP contribution in [-0.2, 0) is 4.74 Å². The second-order valence-corrected chi connectivity index (χ2v) is 2.80. The monoisotopic (exact) mass is 189 g/mol. The summed E-state index contributed by atoms with van der Waals surface area (Å²) in [5.41, 5.74) is 8.13. The Balaban J connectivity index is 2.77. The fourth-order valence-corrected chi connectivity index (χ4v) is 1.16. The molecule has 0 radical (unpaired) electrons. The molecule has 3 N–H and O–H groups in total. The molecule has 0 saturated carbocycles. The van der Waals surface area contributed by atoms with Crippen molar-refractivity contribution in [2.75, 3.05) is 6.61 Å². The smallest absolute Gasteiger partial charge is 0.165 e. The van der Waals surface area contributed by atoms with Gasteiger partial charge in [0.25, 0.3) is 0 Å². The average Bonchev–Trinajstić information content (AvgIpc) is 2.21. The molecular weight excluding hydrogens is 178 g/mol. The zero-order chi connectivity index (χ0) is 9.84. The van der Waals surface area contributed by atoms with Gasteiger partial charge >= 0.3 is 0 Å². The van der Waals surface area contributed by atoms with Crippen molar-refractivity contribution in [3.05, 3.63) is 10.4 Å². The summed E-state index contributed by atoms with van der Waals surface area (Å²) in [4.78, 5) is 2.45. The Morgan fingerprint density at radius 3 is 2.69 bits per heavy atom. The summed E-state index contributed by atoms with van der Waals surface area (Å²) < 4.78 is 4.78. The van der Waals surface area contributed by atoms with Crippen molar-refractivity contribution in [1.82, 2.24) is 0 Å². The zero-order valence-electron chi connectivity index (χ0n) is 6.82. The second kappa shape index (κ2) is 4.40. The van der Waals surface area contributed by atoms with E-state index in [0.717, 1.165) is 0 Å². The van der Waals surface area contributed by atoms with Crippen molar-refractivity contribution in [3.63, 3.8) is 0 Å². The fraction of sp³-hybridized carbons (Fsp3) is 1.00. The van der Waals surface area contributed by atoms with Gasteiger partial charge in [0.15, 0.2) is 6.29 Å². The molecule has 0 aromatic heterocycles. The summed E-state index contributed by atoms with van der Waals surface area (Å²) in [7, 11) is 0. The highest BCUT2D eigenvalue weighted by Crippen LogP contribution is 2.17. The first kappa shape index (κ1) is 10.2. The van der Waals surface area contributed by atoms with Crippen LogP contribution in [0.15, 0.2) is 5.11 Å². The molecule has 1 heterocycles. The predicted octanol–water partition coefficient (Wildman–Crippen LogP) is -0.874. The molecule has 1 aliphatic heterocycles. The SMILES string of the molecule is [N-]=[N+]=N[C@@H]1C(O)OCC[C@@H](O)C1O. The number of azide groups is 1. The van der Waals surface area contributed by atoms with E-state index in [1.165, 1.54) is 0 Å². The van der Waals surface area contributed by atoms with Crippen LogP contribution in [0.3, 0.4) is 0 Å². The van der Waals surface area contributed by atoms with Gasteiger partial charge in [-0.15, -0.1) is 0 Å². The molecule has 1 fully saturated rings. The van der Waals surface area contributed by atoms with Gasteiger partial charge in [-0.1, -0.05) is 5.11 Å². The molecular formula is C6H11N3O4. The van der Waals surface area contributed by atoms with Crippen LogP contribution >= 0.6 is 0 Å². The largest absolute Gasteiger partial charge is 0.390 e. The minimum atomic E-state index is -1.36. The van der Waals surface area contributed by atoms with Crippen LogP contribution in [0.25, 0.3) is 10.4 Å². The Hall–Kier alpha value is -0.850. The number of aliphatic hydroxyl groups is 3. The van der Waals surface area contributed by atoms with E-state index in [0.29, 0.717) is 0 Å². The molecule has 4 atom stereocenters. The minimum absolute atomic E-state index is 0.122. The Labute approximate surface area is 74.2 Å². The third-order valence-corrected chi connectivity index (χ3v) is 1.92. The van der Waals surface area contributed by atoms with Crippen molar-refractivity contribution < 1.29 is 20.1 Å². The summed E-state index contributed by atoms with van der Waals surface area (Å²) in [5, 5.41) is 31.0. The standard InChI is InChI=1S/C6H11N3O4/c7-9-8-4-5(11)3(10)1-2-13-6(4)12/h3-6,10-12H,1-2H2/t3-,4+,5?,6?/m1/s1. The lowest BCUT2D eigenvalue weighted by atomic mass is 10.1. The summed E-state index contributed by atoms with van der Waals surface area (Å²) in [6.45, 7) is 0.122. The van der Waals surface area contributed by atoms with Gasteiger partial charge < -0.3 is 20.1 Å². The maximum absolute atomic E-state index is 9.36. The van der Waals surface area contributed by atoms with Crippen LogP contribution in [0, 0.1) is 0 Å². The Bertz CT molecular complexity index is 218. The van der Waals surface area contributed by atoms with Gasteiger partial charge in [-0.3, -0.25) is 0 Å². The Morgan fingerprint density at radius 1 is 1.38 bits per heavy atom. The maximum Gasteiger partial charge on any atom is 0.165 e. The van der Waals surface area contributed by atoms with E-state index in [-0.39, 0.29) is 13.0 Å². The molecule has 1 rings (SSSR count). The Morgan fingerprint density at radius 2 is 2.08 bits per heavy atom. The minimum Gasteiger partial charge on any atom is -0.390 e. The molecule has 0 spiro atoms. The average molecular weight is 189 g/mol. The lowest BCUT2D eigenvalue weighted by molar-refractivity contribution is -0.120. The summed E-state index contributed by atoms with van der Waals surface area (Å²) in [6.07, 6.45) is -3.47. The summed E-state index contributed by atoms with van der Waals surface area (Å²) in [5.74, 6) is 0. The summed E-state index contributed by atoms with van der Waals surface area (Å²) in [6, 6.07) is -1.15. The second-order valence-electron chi connectivity index (χ2n) is 2.80. The molecule has 7 heteroatoms. The van der Waals surface area contributed by atoms with Crippen molar-refractivity contribution in [3.8, 4) is 0 Å².